The predicted octanol–water partition coefficient (Wildman–Crippen LogP) is 4.23. The van der Waals surface area contributed by atoms with E-state index >= 15 is 0 Å². The number of aryl methyl sites for hydroxylation is 2. The quantitative estimate of drug-likeness (QED) is 0.766. The maximum absolute atomic E-state index is 4.13. The minimum absolute atomic E-state index is 1.08. The van der Waals surface area contributed by atoms with Gasteiger partial charge in [0.2, 0.25) is 0 Å². The van der Waals surface area contributed by atoms with Crippen LogP contribution in [0.25, 0.3) is 5.69 Å². The average Bonchev–Trinajstić information content (AvgIpc) is 2.98. The second-order valence-corrected chi connectivity index (χ2v) is 4.91. The highest BCUT2D eigenvalue weighted by atomic mass is 15.1. The van der Waals surface area contributed by atoms with Gasteiger partial charge in [0.15, 0.2) is 0 Å². The van der Waals surface area contributed by atoms with Crippen LogP contribution in [0.4, 0.5) is 11.4 Å². The van der Waals surface area contributed by atoms with Gasteiger partial charge in [0.1, 0.15) is 0 Å². The second kappa shape index (κ2) is 5.21. The van der Waals surface area contributed by atoms with Gasteiger partial charge in [-0.25, -0.2) is 4.98 Å². The van der Waals surface area contributed by atoms with Crippen molar-refractivity contribution in [3.8, 4) is 5.69 Å². The van der Waals surface area contributed by atoms with E-state index in [4.69, 9.17) is 0 Å². The molecule has 3 rings (SSSR count). The van der Waals surface area contributed by atoms with Gasteiger partial charge < -0.3 is 9.88 Å². The molecule has 0 amide bonds. The first-order valence-corrected chi connectivity index (χ1v) is 6.66. The van der Waals surface area contributed by atoms with Crippen LogP contribution >= 0.6 is 0 Å². The number of hydrogen-bond donors (Lipinski definition) is 1. The van der Waals surface area contributed by atoms with Crippen LogP contribution in [0.2, 0.25) is 0 Å². The third-order valence-electron chi connectivity index (χ3n) is 3.45. The van der Waals surface area contributed by atoms with Crippen LogP contribution in [0.3, 0.4) is 0 Å². The molecule has 1 N–H and O–H groups in total. The molecule has 0 atom stereocenters. The lowest BCUT2D eigenvalue weighted by atomic mass is 10.1. The molecule has 2 aromatic carbocycles. The normalized spacial score (nSPS) is 10.5. The summed E-state index contributed by atoms with van der Waals surface area (Å²) in [6.45, 7) is 4.26. The number of imidazole rings is 1. The highest BCUT2D eigenvalue weighted by molar-refractivity contribution is 5.70. The maximum atomic E-state index is 4.13. The fourth-order valence-electron chi connectivity index (χ4n) is 2.19. The summed E-state index contributed by atoms with van der Waals surface area (Å²) >= 11 is 0. The van der Waals surface area contributed by atoms with Crippen LogP contribution in [0.1, 0.15) is 11.1 Å². The zero-order chi connectivity index (χ0) is 13.9. The van der Waals surface area contributed by atoms with Crippen molar-refractivity contribution in [2.45, 2.75) is 13.8 Å². The van der Waals surface area contributed by atoms with Gasteiger partial charge in [-0.05, 0) is 49.2 Å². The number of para-hydroxylation sites is 1. The van der Waals surface area contributed by atoms with Gasteiger partial charge in [0.05, 0.1) is 17.7 Å². The van der Waals surface area contributed by atoms with E-state index in [2.05, 4.69) is 48.4 Å². The molecule has 0 saturated heterocycles. The van der Waals surface area contributed by atoms with Crippen molar-refractivity contribution < 1.29 is 0 Å². The van der Waals surface area contributed by atoms with Crippen LogP contribution in [-0.2, 0) is 0 Å². The molecule has 3 heteroatoms. The molecule has 0 bridgehead atoms. The third kappa shape index (κ3) is 2.43. The highest BCUT2D eigenvalue weighted by Crippen LogP contribution is 2.27. The van der Waals surface area contributed by atoms with Gasteiger partial charge in [-0.1, -0.05) is 18.2 Å². The number of nitrogens with zero attached hydrogens (tertiary/aromatic N) is 2. The van der Waals surface area contributed by atoms with Gasteiger partial charge in [-0.15, -0.1) is 0 Å². The predicted molar refractivity (Wildman–Crippen MR) is 82.8 cm³/mol. The smallest absolute Gasteiger partial charge is 0.0992 e. The van der Waals surface area contributed by atoms with Crippen LogP contribution in [0.5, 0.6) is 0 Å². The number of rotatable bonds is 3. The molecule has 0 unspecified atom stereocenters. The molecule has 0 aliphatic rings. The van der Waals surface area contributed by atoms with Crippen molar-refractivity contribution in [1.82, 2.24) is 9.55 Å². The molecule has 0 spiro atoms. The van der Waals surface area contributed by atoms with Crippen molar-refractivity contribution in [1.29, 1.82) is 0 Å². The Morgan fingerprint density at radius 3 is 2.45 bits per heavy atom. The molecule has 1 heterocycles. The maximum Gasteiger partial charge on any atom is 0.0992 e. The number of benzene rings is 2. The summed E-state index contributed by atoms with van der Waals surface area (Å²) in [5, 5.41) is 3.48. The van der Waals surface area contributed by atoms with E-state index in [9.17, 15) is 0 Å². The van der Waals surface area contributed by atoms with E-state index in [1.54, 1.807) is 6.20 Å². The van der Waals surface area contributed by atoms with Crippen molar-refractivity contribution >= 4 is 11.4 Å². The van der Waals surface area contributed by atoms with Gasteiger partial charge in [-0.2, -0.15) is 0 Å². The Morgan fingerprint density at radius 1 is 1.00 bits per heavy atom. The van der Waals surface area contributed by atoms with E-state index in [-0.39, 0.29) is 0 Å². The largest absolute Gasteiger partial charge is 0.354 e. The summed E-state index contributed by atoms with van der Waals surface area (Å²) in [5.41, 5.74) is 5.81. The second-order valence-electron chi connectivity index (χ2n) is 4.91. The van der Waals surface area contributed by atoms with Crippen LogP contribution in [0, 0.1) is 13.8 Å². The summed E-state index contributed by atoms with van der Waals surface area (Å²) in [4.78, 5) is 4.13. The Balaban J connectivity index is 2.07. The number of hydrogen-bond acceptors (Lipinski definition) is 2. The van der Waals surface area contributed by atoms with Gasteiger partial charge >= 0.3 is 0 Å². The Hall–Kier alpha value is -2.55. The first-order chi connectivity index (χ1) is 9.74. The summed E-state index contributed by atoms with van der Waals surface area (Å²) < 4.78 is 2.03. The van der Waals surface area contributed by atoms with E-state index < -0.39 is 0 Å². The van der Waals surface area contributed by atoms with Gasteiger partial charge in [0, 0.05) is 18.1 Å². The van der Waals surface area contributed by atoms with Crippen molar-refractivity contribution in [3.63, 3.8) is 0 Å². The lowest BCUT2D eigenvalue weighted by molar-refractivity contribution is 1.05. The molecule has 0 aliphatic carbocycles. The first-order valence-electron chi connectivity index (χ1n) is 6.66. The summed E-state index contributed by atoms with van der Waals surface area (Å²) in [6.07, 6.45) is 5.57. The Kier molecular flexibility index (Phi) is 3.25. The molecular weight excluding hydrogens is 246 g/mol. The SMILES string of the molecule is Cc1cc(Nc2ccccc2)c(-n2ccnc2)cc1C. The highest BCUT2D eigenvalue weighted by Gasteiger charge is 2.07. The Bertz CT molecular complexity index is 701. The van der Waals surface area contributed by atoms with Crippen molar-refractivity contribution in [2.24, 2.45) is 0 Å². The van der Waals surface area contributed by atoms with Crippen molar-refractivity contribution in [2.75, 3.05) is 5.32 Å². The summed E-state index contributed by atoms with van der Waals surface area (Å²) in [5.74, 6) is 0. The minimum atomic E-state index is 1.08. The Morgan fingerprint density at radius 2 is 1.75 bits per heavy atom. The third-order valence-corrected chi connectivity index (χ3v) is 3.45. The Labute approximate surface area is 118 Å². The monoisotopic (exact) mass is 263 g/mol. The number of nitrogens with one attached hydrogen (secondary N) is 1. The van der Waals surface area contributed by atoms with Crippen LogP contribution < -0.4 is 5.32 Å². The van der Waals surface area contributed by atoms with Gasteiger partial charge in [-0.3, -0.25) is 0 Å². The molecule has 0 aliphatic heterocycles. The fourth-order valence-corrected chi connectivity index (χ4v) is 2.19. The van der Waals surface area contributed by atoms with E-state index in [0.29, 0.717) is 0 Å². The number of anilines is 2. The first kappa shape index (κ1) is 12.5. The molecule has 1 aromatic heterocycles. The van der Waals surface area contributed by atoms with Crippen LogP contribution in [-0.4, -0.2) is 9.55 Å². The van der Waals surface area contributed by atoms with Crippen LogP contribution in [0.15, 0.2) is 61.2 Å². The molecule has 100 valence electrons. The zero-order valence-electron chi connectivity index (χ0n) is 11.7. The minimum Gasteiger partial charge on any atom is -0.354 e. The standard InChI is InChI=1S/C17H17N3/c1-13-10-16(19-15-6-4-3-5-7-15)17(11-14(13)2)20-9-8-18-12-20/h3-12,19H,1-2H3. The average molecular weight is 263 g/mol. The van der Waals surface area contributed by atoms with E-state index in [0.717, 1.165) is 17.1 Å². The molecule has 0 fully saturated rings. The number of aromatic nitrogens is 2. The van der Waals surface area contributed by atoms with E-state index in [1.807, 2.05) is 35.3 Å². The molecular formula is C17H17N3. The molecule has 20 heavy (non-hydrogen) atoms. The molecule has 0 saturated carbocycles. The summed E-state index contributed by atoms with van der Waals surface area (Å²) in [7, 11) is 0. The topological polar surface area (TPSA) is 29.9 Å². The lowest BCUT2D eigenvalue weighted by Gasteiger charge is -2.15. The molecule has 3 nitrogen and oxygen atoms in total. The molecule has 3 aromatic rings. The summed E-state index contributed by atoms with van der Waals surface area (Å²) in [6, 6.07) is 14.6. The van der Waals surface area contributed by atoms with E-state index in [1.165, 1.54) is 11.1 Å². The van der Waals surface area contributed by atoms with Gasteiger partial charge in [0.25, 0.3) is 0 Å². The van der Waals surface area contributed by atoms with Crippen molar-refractivity contribution in [3.05, 3.63) is 72.3 Å². The zero-order valence-corrected chi connectivity index (χ0v) is 11.7. The molecule has 0 radical (unpaired) electrons. The fraction of sp³-hybridized carbons (Fsp3) is 0.118. The lowest BCUT2D eigenvalue weighted by Crippen LogP contribution is -2.00.